The van der Waals surface area contributed by atoms with Gasteiger partial charge < -0.3 is 9.47 Å². The highest BCUT2D eigenvalue weighted by Gasteiger charge is 2.10. The first-order valence-corrected chi connectivity index (χ1v) is 12.9. The zero-order valence-corrected chi connectivity index (χ0v) is 21.7. The average Bonchev–Trinajstić information content (AvgIpc) is 2.96. The lowest BCUT2D eigenvalue weighted by molar-refractivity contribution is 0.103. The number of aryl methyl sites for hydroxylation is 2. The summed E-state index contributed by atoms with van der Waals surface area (Å²) in [5.41, 5.74) is 6.27. The second kappa shape index (κ2) is 11.6. The van der Waals surface area contributed by atoms with E-state index < -0.39 is 0 Å². The number of hydrogen-bond donors (Lipinski definition) is 0. The third kappa shape index (κ3) is 6.37. The Bertz CT molecular complexity index is 1480. The standard InChI is InChI=1S/C35H30O3/c1-3-26-6-8-27(9-7-26)24-28-10-18-32(19-11-28)38-34-22-14-30(15-23-34)35(36)29-12-20-33(21-13-29)37-31-16-4-25(2)5-17-31/h4-23H,3,24H2,1-2H3. The lowest BCUT2D eigenvalue weighted by Gasteiger charge is -2.09. The van der Waals surface area contributed by atoms with Crippen molar-refractivity contribution >= 4 is 5.78 Å². The van der Waals surface area contributed by atoms with Crippen molar-refractivity contribution in [1.82, 2.24) is 0 Å². The third-order valence-corrected chi connectivity index (χ3v) is 6.49. The molecule has 188 valence electrons. The topological polar surface area (TPSA) is 35.5 Å². The van der Waals surface area contributed by atoms with Crippen molar-refractivity contribution in [3.05, 3.63) is 155 Å². The molecule has 5 aromatic carbocycles. The predicted molar refractivity (Wildman–Crippen MR) is 153 cm³/mol. The van der Waals surface area contributed by atoms with Crippen molar-refractivity contribution in [1.29, 1.82) is 0 Å². The van der Waals surface area contributed by atoms with E-state index >= 15 is 0 Å². The van der Waals surface area contributed by atoms with E-state index in [0.29, 0.717) is 22.6 Å². The van der Waals surface area contributed by atoms with Gasteiger partial charge in [-0.05, 0) is 109 Å². The second-order valence-electron chi connectivity index (χ2n) is 9.39. The number of benzene rings is 5. The number of ether oxygens (including phenoxy) is 2. The van der Waals surface area contributed by atoms with E-state index in [-0.39, 0.29) is 5.78 Å². The molecule has 0 saturated heterocycles. The van der Waals surface area contributed by atoms with E-state index in [1.165, 1.54) is 22.3 Å². The zero-order chi connectivity index (χ0) is 26.3. The van der Waals surface area contributed by atoms with Crippen molar-refractivity contribution in [2.75, 3.05) is 0 Å². The van der Waals surface area contributed by atoms with Crippen LogP contribution in [0.15, 0.2) is 121 Å². The summed E-state index contributed by atoms with van der Waals surface area (Å²) in [6.45, 7) is 4.20. The van der Waals surface area contributed by atoms with Crippen LogP contribution < -0.4 is 9.47 Å². The zero-order valence-electron chi connectivity index (χ0n) is 21.7. The van der Waals surface area contributed by atoms with Crippen molar-refractivity contribution in [3.8, 4) is 23.0 Å². The predicted octanol–water partition coefficient (Wildman–Crippen LogP) is 8.96. The van der Waals surface area contributed by atoms with Crippen LogP contribution in [-0.4, -0.2) is 5.78 Å². The second-order valence-corrected chi connectivity index (χ2v) is 9.39. The molecule has 0 aliphatic carbocycles. The minimum atomic E-state index is -0.0465. The summed E-state index contributed by atoms with van der Waals surface area (Å²) in [4.78, 5) is 13.0. The van der Waals surface area contributed by atoms with Crippen LogP contribution in [0.2, 0.25) is 0 Å². The van der Waals surface area contributed by atoms with Gasteiger partial charge in [-0.1, -0.05) is 61.0 Å². The monoisotopic (exact) mass is 498 g/mol. The minimum Gasteiger partial charge on any atom is -0.457 e. The van der Waals surface area contributed by atoms with Crippen LogP contribution in [0.5, 0.6) is 23.0 Å². The molecule has 0 saturated carbocycles. The lowest BCUT2D eigenvalue weighted by Crippen LogP contribution is -2.01. The van der Waals surface area contributed by atoms with Gasteiger partial charge in [-0.2, -0.15) is 0 Å². The summed E-state index contributed by atoms with van der Waals surface area (Å²) in [6.07, 6.45) is 1.94. The maximum absolute atomic E-state index is 13.0. The average molecular weight is 499 g/mol. The van der Waals surface area contributed by atoms with Gasteiger partial charge in [0.2, 0.25) is 0 Å². The molecule has 0 heterocycles. The summed E-state index contributed by atoms with van der Waals surface area (Å²) in [7, 11) is 0. The Morgan fingerprint density at radius 2 is 0.842 bits per heavy atom. The van der Waals surface area contributed by atoms with Gasteiger partial charge in [-0.3, -0.25) is 4.79 Å². The molecule has 0 fully saturated rings. The van der Waals surface area contributed by atoms with Crippen molar-refractivity contribution < 1.29 is 14.3 Å². The van der Waals surface area contributed by atoms with Crippen molar-refractivity contribution in [2.45, 2.75) is 26.7 Å². The van der Waals surface area contributed by atoms with Gasteiger partial charge in [-0.15, -0.1) is 0 Å². The Hall–Kier alpha value is -4.63. The Balaban J connectivity index is 1.17. The van der Waals surface area contributed by atoms with Gasteiger partial charge in [-0.25, -0.2) is 0 Å². The van der Waals surface area contributed by atoms with Gasteiger partial charge in [0.1, 0.15) is 23.0 Å². The van der Waals surface area contributed by atoms with E-state index in [4.69, 9.17) is 9.47 Å². The van der Waals surface area contributed by atoms with Crippen LogP contribution in [0, 0.1) is 6.92 Å². The largest absolute Gasteiger partial charge is 0.457 e. The van der Waals surface area contributed by atoms with Crippen LogP contribution >= 0.6 is 0 Å². The van der Waals surface area contributed by atoms with Crippen LogP contribution in [0.1, 0.15) is 45.1 Å². The Morgan fingerprint density at radius 3 is 1.26 bits per heavy atom. The highest BCUT2D eigenvalue weighted by atomic mass is 16.5. The molecule has 0 aromatic heterocycles. The molecule has 3 heteroatoms. The normalized spacial score (nSPS) is 10.7. The fourth-order valence-electron chi connectivity index (χ4n) is 4.20. The summed E-state index contributed by atoms with van der Waals surface area (Å²) >= 11 is 0. The summed E-state index contributed by atoms with van der Waals surface area (Å²) < 4.78 is 11.9. The van der Waals surface area contributed by atoms with Gasteiger partial charge in [0.25, 0.3) is 0 Å². The van der Waals surface area contributed by atoms with Gasteiger partial charge in [0.05, 0.1) is 0 Å². The molecule has 0 aliphatic rings. The Morgan fingerprint density at radius 1 is 0.500 bits per heavy atom. The molecule has 5 rings (SSSR count). The van der Waals surface area contributed by atoms with E-state index in [9.17, 15) is 4.79 Å². The smallest absolute Gasteiger partial charge is 0.193 e. The number of rotatable bonds is 9. The maximum atomic E-state index is 13.0. The third-order valence-electron chi connectivity index (χ3n) is 6.49. The molecule has 0 aliphatic heterocycles. The molecule has 0 atom stereocenters. The lowest BCUT2D eigenvalue weighted by atomic mass is 10.0. The Labute approximate surface area is 224 Å². The molecular formula is C35H30O3. The van der Waals surface area contributed by atoms with Gasteiger partial charge in [0.15, 0.2) is 5.78 Å². The molecule has 0 bridgehead atoms. The first kappa shape index (κ1) is 25.0. The quantitative estimate of drug-likeness (QED) is 0.190. The first-order valence-electron chi connectivity index (χ1n) is 12.9. The van der Waals surface area contributed by atoms with Gasteiger partial charge in [0, 0.05) is 11.1 Å². The molecule has 0 unspecified atom stereocenters. The Kier molecular flexibility index (Phi) is 7.65. The summed E-state index contributed by atoms with van der Waals surface area (Å²) in [5, 5.41) is 0. The highest BCUT2D eigenvalue weighted by Crippen LogP contribution is 2.25. The maximum Gasteiger partial charge on any atom is 0.193 e. The van der Waals surface area contributed by atoms with Gasteiger partial charge >= 0.3 is 0 Å². The van der Waals surface area contributed by atoms with E-state index in [1.807, 2.05) is 67.6 Å². The SMILES string of the molecule is CCc1ccc(Cc2ccc(Oc3ccc(C(=O)c4ccc(Oc5ccc(C)cc5)cc4)cc3)cc2)cc1. The molecule has 38 heavy (non-hydrogen) atoms. The molecule has 3 nitrogen and oxygen atoms in total. The number of hydrogen-bond acceptors (Lipinski definition) is 3. The summed E-state index contributed by atoms with van der Waals surface area (Å²) in [5.74, 6) is 2.86. The number of carbonyl (C=O) groups excluding carboxylic acids is 1. The summed E-state index contributed by atoms with van der Waals surface area (Å²) in [6, 6.07) is 39.2. The van der Waals surface area contributed by atoms with E-state index in [1.54, 1.807) is 24.3 Å². The van der Waals surface area contributed by atoms with Crippen molar-refractivity contribution in [2.24, 2.45) is 0 Å². The molecule has 0 amide bonds. The molecule has 0 spiro atoms. The minimum absolute atomic E-state index is 0.0465. The number of ketones is 1. The van der Waals surface area contributed by atoms with E-state index in [2.05, 4.69) is 43.3 Å². The highest BCUT2D eigenvalue weighted by molar-refractivity contribution is 6.09. The van der Waals surface area contributed by atoms with Crippen LogP contribution in [0.25, 0.3) is 0 Å². The van der Waals surface area contributed by atoms with Crippen LogP contribution in [-0.2, 0) is 12.8 Å². The van der Waals surface area contributed by atoms with Crippen LogP contribution in [0.4, 0.5) is 0 Å². The van der Waals surface area contributed by atoms with Crippen LogP contribution in [0.3, 0.4) is 0 Å². The molecule has 5 aromatic rings. The fraction of sp³-hybridized carbons (Fsp3) is 0.114. The first-order chi connectivity index (χ1) is 18.6. The fourth-order valence-corrected chi connectivity index (χ4v) is 4.20. The van der Waals surface area contributed by atoms with Crippen molar-refractivity contribution in [3.63, 3.8) is 0 Å². The molecule has 0 radical (unpaired) electrons. The number of carbonyl (C=O) groups is 1. The van der Waals surface area contributed by atoms with E-state index in [0.717, 1.165) is 24.3 Å². The molecular weight excluding hydrogens is 468 g/mol. The molecule has 0 N–H and O–H groups in total.